The predicted octanol–water partition coefficient (Wildman–Crippen LogP) is 2.88. The summed E-state index contributed by atoms with van der Waals surface area (Å²) in [6.07, 6.45) is -0.699. The summed E-state index contributed by atoms with van der Waals surface area (Å²) in [5.41, 5.74) is 1.54. The largest absolute Gasteiger partial charge is 0.387 e. The van der Waals surface area contributed by atoms with Crippen molar-refractivity contribution in [2.45, 2.75) is 11.5 Å². The van der Waals surface area contributed by atoms with Gasteiger partial charge in [0.05, 0.1) is 6.10 Å². The second-order valence-corrected chi connectivity index (χ2v) is 5.31. The molecule has 0 fully saturated rings. The van der Waals surface area contributed by atoms with Gasteiger partial charge in [-0.15, -0.1) is 11.6 Å². The van der Waals surface area contributed by atoms with E-state index in [-0.39, 0.29) is 12.5 Å². The summed E-state index contributed by atoms with van der Waals surface area (Å²) in [5.74, 6) is -0.304. The topological polar surface area (TPSA) is 49.3 Å². The number of hydrogen-bond donors (Lipinski definition) is 2. The first-order valence-corrected chi connectivity index (χ1v) is 7.23. The smallest absolute Gasteiger partial charge is 0.242 e. The van der Waals surface area contributed by atoms with Crippen molar-refractivity contribution in [2.75, 3.05) is 6.54 Å². The first-order chi connectivity index (χ1) is 9.18. The van der Waals surface area contributed by atoms with Crippen LogP contribution >= 0.6 is 22.9 Å². The zero-order valence-electron chi connectivity index (χ0n) is 10.1. The number of benzene rings is 1. The minimum Gasteiger partial charge on any atom is -0.387 e. The van der Waals surface area contributed by atoms with Crippen molar-refractivity contribution in [2.24, 2.45) is 0 Å². The molecular weight excluding hydrogens is 282 g/mol. The van der Waals surface area contributed by atoms with Crippen LogP contribution in [0.2, 0.25) is 0 Å². The third kappa shape index (κ3) is 3.80. The van der Waals surface area contributed by atoms with Crippen molar-refractivity contribution in [3.05, 3.63) is 58.3 Å². The van der Waals surface area contributed by atoms with Gasteiger partial charge in [-0.1, -0.05) is 30.3 Å². The summed E-state index contributed by atoms with van der Waals surface area (Å²) in [6.45, 7) is 0.158. The lowest BCUT2D eigenvalue weighted by atomic mass is 10.1. The molecule has 0 aliphatic carbocycles. The van der Waals surface area contributed by atoms with Crippen molar-refractivity contribution >= 4 is 28.8 Å². The van der Waals surface area contributed by atoms with Crippen LogP contribution in [0.1, 0.15) is 22.6 Å². The summed E-state index contributed by atoms with van der Waals surface area (Å²) < 4.78 is 0. The standard InChI is InChI=1S/C14H14ClNO2S/c15-13(10-4-2-1-3-5-10)14(18)16-8-12(17)11-6-7-19-9-11/h1-7,9,12-13,17H,8H2,(H,16,18). The number of carbonyl (C=O) groups excluding carboxylic acids is 1. The Labute approximate surface area is 120 Å². The number of halogens is 1. The summed E-state index contributed by atoms with van der Waals surface area (Å²) in [7, 11) is 0. The molecule has 100 valence electrons. The quantitative estimate of drug-likeness (QED) is 0.833. The van der Waals surface area contributed by atoms with Crippen LogP contribution in [0.25, 0.3) is 0 Å². The molecule has 0 radical (unpaired) electrons. The van der Waals surface area contributed by atoms with Crippen LogP contribution in [-0.4, -0.2) is 17.6 Å². The van der Waals surface area contributed by atoms with Crippen LogP contribution in [0.3, 0.4) is 0 Å². The molecule has 0 spiro atoms. The lowest BCUT2D eigenvalue weighted by molar-refractivity contribution is -0.121. The van der Waals surface area contributed by atoms with Gasteiger partial charge in [-0.25, -0.2) is 0 Å². The summed E-state index contributed by atoms with van der Waals surface area (Å²) in [4.78, 5) is 11.9. The Balaban J connectivity index is 1.88. The number of rotatable bonds is 5. The number of thiophene rings is 1. The molecule has 19 heavy (non-hydrogen) atoms. The van der Waals surface area contributed by atoms with Crippen LogP contribution < -0.4 is 5.32 Å². The fourth-order valence-corrected chi connectivity index (χ4v) is 2.57. The van der Waals surface area contributed by atoms with Crippen LogP contribution in [-0.2, 0) is 4.79 Å². The van der Waals surface area contributed by atoms with Gasteiger partial charge in [0.2, 0.25) is 5.91 Å². The van der Waals surface area contributed by atoms with Crippen molar-refractivity contribution in [3.8, 4) is 0 Å². The van der Waals surface area contributed by atoms with Crippen LogP contribution in [0, 0.1) is 0 Å². The highest BCUT2D eigenvalue weighted by Gasteiger charge is 2.18. The second-order valence-electron chi connectivity index (χ2n) is 4.09. The van der Waals surface area contributed by atoms with Crippen molar-refractivity contribution in [3.63, 3.8) is 0 Å². The average molecular weight is 296 g/mol. The van der Waals surface area contributed by atoms with E-state index in [0.717, 1.165) is 11.1 Å². The fourth-order valence-electron chi connectivity index (χ4n) is 1.64. The van der Waals surface area contributed by atoms with E-state index in [1.54, 1.807) is 12.1 Å². The van der Waals surface area contributed by atoms with Crippen molar-refractivity contribution in [1.29, 1.82) is 0 Å². The normalized spacial score (nSPS) is 13.8. The average Bonchev–Trinajstić information content (AvgIpc) is 2.98. The minimum atomic E-state index is -0.740. The molecule has 2 atom stereocenters. The molecule has 0 saturated heterocycles. The van der Waals surface area contributed by atoms with Crippen LogP contribution in [0.15, 0.2) is 47.2 Å². The molecule has 0 aliphatic rings. The molecule has 0 aliphatic heterocycles. The number of aliphatic hydroxyl groups is 1. The highest BCUT2D eigenvalue weighted by atomic mass is 35.5. The molecule has 2 rings (SSSR count). The van der Waals surface area contributed by atoms with Gasteiger partial charge in [0.25, 0.3) is 0 Å². The highest BCUT2D eigenvalue weighted by molar-refractivity contribution is 7.07. The maximum Gasteiger partial charge on any atom is 0.242 e. The molecule has 0 saturated carbocycles. The fraction of sp³-hybridized carbons (Fsp3) is 0.214. The van der Waals surface area contributed by atoms with Crippen molar-refractivity contribution in [1.82, 2.24) is 5.32 Å². The zero-order valence-corrected chi connectivity index (χ0v) is 11.7. The summed E-state index contributed by atoms with van der Waals surface area (Å²) >= 11 is 7.58. The van der Waals surface area contributed by atoms with Gasteiger partial charge in [0.1, 0.15) is 5.38 Å². The van der Waals surface area contributed by atoms with E-state index in [9.17, 15) is 9.90 Å². The molecule has 2 aromatic rings. The molecule has 1 amide bonds. The van der Waals surface area contributed by atoms with Gasteiger partial charge in [0.15, 0.2) is 0 Å². The lowest BCUT2D eigenvalue weighted by Gasteiger charge is -2.13. The molecule has 1 heterocycles. The third-order valence-corrected chi connectivity index (χ3v) is 3.87. The first-order valence-electron chi connectivity index (χ1n) is 5.85. The zero-order chi connectivity index (χ0) is 13.7. The number of aliphatic hydroxyl groups excluding tert-OH is 1. The van der Waals surface area contributed by atoms with Crippen molar-refractivity contribution < 1.29 is 9.90 Å². The van der Waals surface area contributed by atoms with E-state index < -0.39 is 11.5 Å². The SMILES string of the molecule is O=C(NCC(O)c1ccsc1)C(Cl)c1ccccc1. The molecule has 1 aromatic heterocycles. The van der Waals surface area contributed by atoms with E-state index in [4.69, 9.17) is 11.6 Å². The van der Waals surface area contributed by atoms with Crippen LogP contribution in [0.5, 0.6) is 0 Å². The summed E-state index contributed by atoms with van der Waals surface area (Å²) in [5, 5.41) is 15.5. The second kappa shape index (κ2) is 6.70. The van der Waals surface area contributed by atoms with E-state index >= 15 is 0 Å². The Bertz CT molecular complexity index is 516. The Morgan fingerprint density at radius 1 is 1.26 bits per heavy atom. The third-order valence-electron chi connectivity index (χ3n) is 2.72. The number of alkyl halides is 1. The van der Waals surface area contributed by atoms with E-state index in [2.05, 4.69) is 5.32 Å². The number of hydrogen-bond acceptors (Lipinski definition) is 3. The first kappa shape index (κ1) is 14.1. The monoisotopic (exact) mass is 295 g/mol. The van der Waals surface area contributed by atoms with E-state index in [1.807, 2.05) is 35.0 Å². The Morgan fingerprint density at radius 2 is 2.00 bits per heavy atom. The van der Waals surface area contributed by atoms with Crippen LogP contribution in [0.4, 0.5) is 0 Å². The maximum atomic E-state index is 11.9. The van der Waals surface area contributed by atoms with E-state index in [1.165, 1.54) is 11.3 Å². The minimum absolute atomic E-state index is 0.158. The van der Waals surface area contributed by atoms with Gasteiger partial charge in [0, 0.05) is 6.54 Å². The number of carbonyl (C=O) groups is 1. The molecule has 5 heteroatoms. The molecule has 2 N–H and O–H groups in total. The van der Waals surface area contributed by atoms with E-state index in [0.29, 0.717) is 0 Å². The molecule has 0 bridgehead atoms. The lowest BCUT2D eigenvalue weighted by Crippen LogP contribution is -2.30. The molecular formula is C14H14ClNO2S. The Kier molecular flexibility index (Phi) is 4.96. The van der Waals surface area contributed by atoms with Gasteiger partial charge in [-0.05, 0) is 28.0 Å². The Morgan fingerprint density at radius 3 is 2.63 bits per heavy atom. The maximum absolute atomic E-state index is 11.9. The number of amides is 1. The van der Waals surface area contributed by atoms with Gasteiger partial charge < -0.3 is 10.4 Å². The molecule has 3 nitrogen and oxygen atoms in total. The Hall–Kier alpha value is -1.36. The summed E-state index contributed by atoms with van der Waals surface area (Å²) in [6, 6.07) is 11.0. The molecule has 1 aromatic carbocycles. The number of nitrogens with one attached hydrogen (secondary N) is 1. The molecule has 2 unspecified atom stereocenters. The van der Waals surface area contributed by atoms with Gasteiger partial charge >= 0.3 is 0 Å². The highest BCUT2D eigenvalue weighted by Crippen LogP contribution is 2.20. The van der Waals surface area contributed by atoms with Gasteiger partial charge in [-0.2, -0.15) is 11.3 Å². The predicted molar refractivity (Wildman–Crippen MR) is 77.3 cm³/mol. The van der Waals surface area contributed by atoms with Gasteiger partial charge in [-0.3, -0.25) is 4.79 Å².